The standard InChI is InChI=1S/C24H13ClN2O3S/c1-2-13-7-16-17(10-19(13)25)22(29)18(21(16)28)8-15-9-20-23(30-15)27-24(31-20)14-5-3-12(11-26)4-6-14/h3-10H,2H2,1H3/b18-8-. The van der Waals surface area contributed by atoms with Crippen molar-refractivity contribution in [1.29, 1.82) is 5.26 Å². The molecule has 0 unspecified atom stereocenters. The number of halogens is 1. The molecule has 0 bridgehead atoms. The van der Waals surface area contributed by atoms with Crippen molar-refractivity contribution in [2.45, 2.75) is 13.3 Å². The zero-order valence-electron chi connectivity index (χ0n) is 16.2. The third-order valence-corrected chi connectivity index (χ3v) is 6.59. The van der Waals surface area contributed by atoms with Crippen molar-refractivity contribution in [3.63, 3.8) is 0 Å². The summed E-state index contributed by atoms with van der Waals surface area (Å²) in [6.07, 6.45) is 2.15. The molecule has 0 spiro atoms. The number of hydrogen-bond donors (Lipinski definition) is 0. The smallest absolute Gasteiger partial charge is 0.238 e. The molecule has 0 saturated heterocycles. The molecule has 0 N–H and O–H groups in total. The van der Waals surface area contributed by atoms with Crippen LogP contribution < -0.4 is 0 Å². The van der Waals surface area contributed by atoms with Crippen molar-refractivity contribution < 1.29 is 14.0 Å². The van der Waals surface area contributed by atoms with Crippen molar-refractivity contribution >= 4 is 51.0 Å². The van der Waals surface area contributed by atoms with Crippen LogP contribution in [0.5, 0.6) is 0 Å². The summed E-state index contributed by atoms with van der Waals surface area (Å²) in [4.78, 5) is 30.1. The molecular weight excluding hydrogens is 432 g/mol. The molecule has 0 atom stereocenters. The van der Waals surface area contributed by atoms with Gasteiger partial charge in [-0.1, -0.05) is 30.7 Å². The Bertz CT molecular complexity index is 1440. The van der Waals surface area contributed by atoms with Crippen molar-refractivity contribution in [2.24, 2.45) is 0 Å². The minimum Gasteiger partial charge on any atom is -0.437 e. The van der Waals surface area contributed by atoms with Crippen molar-refractivity contribution in [1.82, 2.24) is 4.98 Å². The van der Waals surface area contributed by atoms with Crippen molar-refractivity contribution in [2.75, 3.05) is 0 Å². The van der Waals surface area contributed by atoms with Gasteiger partial charge in [-0.15, -0.1) is 11.3 Å². The highest BCUT2D eigenvalue weighted by molar-refractivity contribution is 7.21. The normalized spacial score (nSPS) is 14.4. The number of fused-ring (bicyclic) bond motifs is 2. The number of furan rings is 1. The van der Waals surface area contributed by atoms with E-state index < -0.39 is 0 Å². The molecule has 2 aromatic heterocycles. The summed E-state index contributed by atoms with van der Waals surface area (Å²) in [6.45, 7) is 1.94. The number of allylic oxidation sites excluding steroid dienone is 1. The van der Waals surface area contributed by atoms with Crippen LogP contribution in [0.15, 0.2) is 52.5 Å². The van der Waals surface area contributed by atoms with E-state index in [9.17, 15) is 9.59 Å². The molecular formula is C24H13ClN2O3S. The van der Waals surface area contributed by atoms with E-state index in [2.05, 4.69) is 11.1 Å². The van der Waals surface area contributed by atoms with Gasteiger partial charge in [0.1, 0.15) is 10.8 Å². The van der Waals surface area contributed by atoms with Crippen LogP contribution in [0.3, 0.4) is 0 Å². The first-order valence-electron chi connectivity index (χ1n) is 9.53. The van der Waals surface area contributed by atoms with E-state index in [0.29, 0.717) is 39.6 Å². The Labute approximate surface area is 186 Å². The van der Waals surface area contributed by atoms with Gasteiger partial charge in [0, 0.05) is 27.8 Å². The molecule has 4 aromatic rings. The number of aromatic nitrogens is 1. The summed E-state index contributed by atoms with van der Waals surface area (Å²) >= 11 is 7.66. The number of rotatable bonds is 3. The number of thiazole rings is 1. The van der Waals surface area contributed by atoms with E-state index in [0.717, 1.165) is 20.8 Å². The molecule has 2 heterocycles. The molecule has 0 fully saturated rings. The van der Waals surface area contributed by atoms with Gasteiger partial charge in [0.05, 0.1) is 21.9 Å². The lowest BCUT2D eigenvalue weighted by molar-refractivity contribution is 0.0990. The van der Waals surface area contributed by atoms with Gasteiger partial charge < -0.3 is 4.42 Å². The minimum atomic E-state index is -0.351. The second kappa shape index (κ2) is 7.31. The van der Waals surface area contributed by atoms with Gasteiger partial charge in [0.2, 0.25) is 5.71 Å². The van der Waals surface area contributed by atoms with Crippen LogP contribution in [0, 0.1) is 11.3 Å². The molecule has 0 amide bonds. The maximum absolute atomic E-state index is 12.8. The Morgan fingerprint density at radius 1 is 1.13 bits per heavy atom. The van der Waals surface area contributed by atoms with Crippen molar-refractivity contribution in [3.8, 4) is 16.6 Å². The lowest BCUT2D eigenvalue weighted by Crippen LogP contribution is -1.99. The molecule has 0 radical (unpaired) electrons. The van der Waals surface area contributed by atoms with Gasteiger partial charge in [-0.3, -0.25) is 9.59 Å². The Balaban J connectivity index is 1.48. The maximum atomic E-state index is 12.8. The number of Topliss-reactive ketones (excluding diaryl/α,β-unsaturated/α-hetero) is 2. The number of nitrogens with zero attached hydrogens (tertiary/aromatic N) is 2. The Morgan fingerprint density at radius 2 is 1.84 bits per heavy atom. The number of carbonyl (C=O) groups is 2. The number of ketones is 2. The highest BCUT2D eigenvalue weighted by Gasteiger charge is 2.34. The Kier molecular flexibility index (Phi) is 4.58. The van der Waals surface area contributed by atoms with Crippen LogP contribution >= 0.6 is 22.9 Å². The molecule has 0 aliphatic heterocycles. The maximum Gasteiger partial charge on any atom is 0.238 e. The van der Waals surface area contributed by atoms with E-state index in [1.165, 1.54) is 17.4 Å². The molecule has 5 nitrogen and oxygen atoms in total. The van der Waals surface area contributed by atoms with Crippen LogP contribution in [0.1, 0.15) is 44.5 Å². The predicted molar refractivity (Wildman–Crippen MR) is 120 cm³/mol. The third-order valence-electron chi connectivity index (χ3n) is 5.20. The first-order chi connectivity index (χ1) is 15.0. The Hall–Kier alpha value is -3.53. The predicted octanol–water partition coefficient (Wildman–Crippen LogP) is 6.11. The lowest BCUT2D eigenvalue weighted by Gasteiger charge is -2.03. The summed E-state index contributed by atoms with van der Waals surface area (Å²) < 4.78 is 6.58. The van der Waals surface area contributed by atoms with E-state index in [4.69, 9.17) is 21.3 Å². The molecule has 2 aromatic carbocycles. The third kappa shape index (κ3) is 3.19. The fourth-order valence-corrected chi connectivity index (χ4v) is 4.80. The van der Waals surface area contributed by atoms with Crippen molar-refractivity contribution in [3.05, 3.63) is 81.1 Å². The average molecular weight is 445 g/mol. The summed E-state index contributed by atoms with van der Waals surface area (Å²) in [5.41, 5.74) is 3.50. The molecule has 31 heavy (non-hydrogen) atoms. The number of carbonyl (C=O) groups excluding carboxylic acids is 2. The van der Waals surface area contributed by atoms with E-state index in [1.54, 1.807) is 30.3 Å². The van der Waals surface area contributed by atoms with E-state index in [-0.39, 0.29) is 17.1 Å². The lowest BCUT2D eigenvalue weighted by atomic mass is 10.0. The molecule has 7 heteroatoms. The summed E-state index contributed by atoms with van der Waals surface area (Å²) in [5.74, 6) is -0.278. The highest BCUT2D eigenvalue weighted by Crippen LogP contribution is 2.35. The monoisotopic (exact) mass is 444 g/mol. The van der Waals surface area contributed by atoms with E-state index >= 15 is 0 Å². The van der Waals surface area contributed by atoms with Crippen LogP contribution in [0.25, 0.3) is 27.1 Å². The topological polar surface area (TPSA) is 84.0 Å². The zero-order valence-corrected chi connectivity index (χ0v) is 17.8. The SMILES string of the molecule is CCc1cc2c(cc1Cl)C(=O)/C(=C\c1cc3sc(-c4ccc(C#N)cc4)nc3o1)C2=O. The highest BCUT2D eigenvalue weighted by atomic mass is 35.5. The largest absolute Gasteiger partial charge is 0.437 e. The van der Waals surface area contributed by atoms with E-state index in [1.807, 2.05) is 19.1 Å². The first-order valence-corrected chi connectivity index (χ1v) is 10.7. The summed E-state index contributed by atoms with van der Waals surface area (Å²) in [7, 11) is 0. The molecule has 0 saturated carbocycles. The molecule has 1 aliphatic carbocycles. The fourth-order valence-electron chi connectivity index (χ4n) is 3.57. The number of hydrogen-bond acceptors (Lipinski definition) is 6. The van der Waals surface area contributed by atoms with Gasteiger partial charge >= 0.3 is 0 Å². The van der Waals surface area contributed by atoms with Crippen LogP contribution in [0.2, 0.25) is 5.02 Å². The average Bonchev–Trinajstić information content (AvgIpc) is 3.41. The second-order valence-corrected chi connectivity index (χ2v) is 8.52. The number of benzene rings is 2. The summed E-state index contributed by atoms with van der Waals surface area (Å²) in [6, 6.07) is 14.3. The van der Waals surface area contributed by atoms with Crippen LogP contribution in [-0.2, 0) is 6.42 Å². The zero-order chi connectivity index (χ0) is 21.7. The fraction of sp³-hybridized carbons (Fsp3) is 0.0833. The van der Waals surface area contributed by atoms with Gasteiger partial charge in [-0.2, -0.15) is 5.26 Å². The quantitative estimate of drug-likeness (QED) is 0.281. The molecule has 1 aliphatic rings. The van der Waals surface area contributed by atoms with Gasteiger partial charge in [0.25, 0.3) is 0 Å². The molecule has 5 rings (SSSR count). The van der Waals surface area contributed by atoms with Gasteiger partial charge in [-0.05, 0) is 42.3 Å². The second-order valence-electron chi connectivity index (χ2n) is 7.09. The van der Waals surface area contributed by atoms with Crippen LogP contribution in [0.4, 0.5) is 0 Å². The van der Waals surface area contributed by atoms with Gasteiger partial charge in [0.15, 0.2) is 11.6 Å². The Morgan fingerprint density at radius 3 is 2.48 bits per heavy atom. The first kappa shape index (κ1) is 19.4. The van der Waals surface area contributed by atoms with Crippen LogP contribution in [-0.4, -0.2) is 16.6 Å². The molecule has 150 valence electrons. The number of aryl methyl sites for hydroxylation is 1. The van der Waals surface area contributed by atoms with Gasteiger partial charge in [-0.25, -0.2) is 4.98 Å². The summed E-state index contributed by atoms with van der Waals surface area (Å²) in [5, 5.41) is 10.2. The number of nitriles is 1. The minimum absolute atomic E-state index is 0.0630.